The molecule has 2 aromatic rings. The van der Waals surface area contributed by atoms with E-state index >= 15 is 0 Å². The van der Waals surface area contributed by atoms with Crippen LogP contribution in [-0.4, -0.2) is 40.9 Å². The fourth-order valence-corrected chi connectivity index (χ4v) is 3.52. The Balaban J connectivity index is 1.90. The van der Waals surface area contributed by atoms with E-state index in [4.69, 9.17) is 15.2 Å². The summed E-state index contributed by atoms with van der Waals surface area (Å²) in [6.07, 6.45) is 0.632. The van der Waals surface area contributed by atoms with Crippen LogP contribution < -0.4 is 21.1 Å². The number of amides is 1. The lowest BCUT2D eigenvalue weighted by atomic mass is 9.76. The van der Waals surface area contributed by atoms with Crippen molar-refractivity contribution in [1.82, 2.24) is 15.3 Å². The summed E-state index contributed by atoms with van der Waals surface area (Å²) in [6.45, 7) is 6.79. The van der Waals surface area contributed by atoms with Gasteiger partial charge in [-0.1, -0.05) is 20.8 Å². The number of rotatable bonds is 5. The average molecular weight is 401 g/mol. The van der Waals surface area contributed by atoms with Crippen LogP contribution in [0.2, 0.25) is 0 Å². The first-order valence-electron chi connectivity index (χ1n) is 9.32. The molecule has 2 unspecified atom stereocenters. The second kappa shape index (κ2) is 8.12. The van der Waals surface area contributed by atoms with Crippen LogP contribution in [-0.2, 0) is 11.3 Å². The maximum Gasteiger partial charge on any atom is 0.404 e. The summed E-state index contributed by atoms with van der Waals surface area (Å²) in [5, 5.41) is 15.1. The number of fused-ring (bicyclic) bond motifs is 1. The molecule has 0 bridgehead atoms. The predicted octanol–water partition coefficient (Wildman–Crippen LogP) is 3.11. The second-order valence-electron chi connectivity index (χ2n) is 8.10. The van der Waals surface area contributed by atoms with Gasteiger partial charge in [0.25, 0.3) is 0 Å². The van der Waals surface area contributed by atoms with Crippen molar-refractivity contribution in [3.63, 3.8) is 0 Å². The zero-order valence-corrected chi connectivity index (χ0v) is 17.0. The van der Waals surface area contributed by atoms with Gasteiger partial charge in [-0.05, 0) is 17.5 Å². The van der Waals surface area contributed by atoms with E-state index < -0.39 is 6.09 Å². The number of nitrogens with two attached hydrogens (primary N) is 1. The number of aromatic nitrogens is 2. The van der Waals surface area contributed by atoms with Gasteiger partial charge in [-0.2, -0.15) is 4.98 Å². The Labute approximate surface area is 169 Å². The van der Waals surface area contributed by atoms with Gasteiger partial charge in [0.15, 0.2) is 5.82 Å². The number of carbonyl (C=O) groups is 1. The SMILES string of the molecule is COc1ccc(N)c(Nc2cnc3c(c2)COCC3C(NC(=O)O)C(C)(C)C)n1. The van der Waals surface area contributed by atoms with Crippen molar-refractivity contribution < 1.29 is 19.4 Å². The molecule has 0 aromatic carbocycles. The van der Waals surface area contributed by atoms with Crippen LogP contribution in [0.25, 0.3) is 0 Å². The third-order valence-electron chi connectivity index (χ3n) is 4.89. The molecule has 0 saturated heterocycles. The highest BCUT2D eigenvalue weighted by Gasteiger charge is 2.38. The molecule has 0 radical (unpaired) electrons. The highest BCUT2D eigenvalue weighted by molar-refractivity contribution is 5.69. The van der Waals surface area contributed by atoms with Crippen LogP contribution in [0.15, 0.2) is 24.4 Å². The van der Waals surface area contributed by atoms with E-state index in [2.05, 4.69) is 20.6 Å². The van der Waals surface area contributed by atoms with Crippen LogP contribution in [0.4, 0.5) is 22.0 Å². The van der Waals surface area contributed by atoms with E-state index in [1.54, 1.807) is 18.3 Å². The van der Waals surface area contributed by atoms with E-state index in [9.17, 15) is 9.90 Å². The Morgan fingerprint density at radius 3 is 2.83 bits per heavy atom. The molecular formula is C20H27N5O4. The number of hydrogen-bond donors (Lipinski definition) is 4. The molecule has 9 heteroatoms. The van der Waals surface area contributed by atoms with Crippen LogP contribution in [0.1, 0.15) is 37.9 Å². The molecule has 2 atom stereocenters. The Bertz CT molecular complexity index is 897. The third kappa shape index (κ3) is 4.68. The van der Waals surface area contributed by atoms with E-state index in [0.29, 0.717) is 36.3 Å². The summed E-state index contributed by atoms with van der Waals surface area (Å²) >= 11 is 0. The van der Waals surface area contributed by atoms with Gasteiger partial charge in [-0.3, -0.25) is 4.98 Å². The molecule has 1 aliphatic rings. The van der Waals surface area contributed by atoms with Gasteiger partial charge in [0.05, 0.1) is 43.6 Å². The van der Waals surface area contributed by atoms with Gasteiger partial charge in [-0.15, -0.1) is 0 Å². The number of hydrogen-bond acceptors (Lipinski definition) is 7. The van der Waals surface area contributed by atoms with Crippen LogP contribution in [0.5, 0.6) is 5.88 Å². The molecule has 1 aliphatic heterocycles. The summed E-state index contributed by atoms with van der Waals surface area (Å²) in [4.78, 5) is 20.3. The molecule has 0 saturated carbocycles. The first kappa shape index (κ1) is 20.7. The molecule has 3 rings (SSSR count). The van der Waals surface area contributed by atoms with Gasteiger partial charge in [0.2, 0.25) is 5.88 Å². The number of methoxy groups -OCH3 is 1. The number of nitrogens with one attached hydrogen (secondary N) is 2. The minimum absolute atomic E-state index is 0.191. The molecule has 3 heterocycles. The highest BCUT2D eigenvalue weighted by Crippen LogP contribution is 2.36. The molecular weight excluding hydrogens is 374 g/mol. The molecule has 0 aliphatic carbocycles. The minimum atomic E-state index is -1.06. The molecule has 5 N–H and O–H groups in total. The third-order valence-corrected chi connectivity index (χ3v) is 4.89. The fourth-order valence-electron chi connectivity index (χ4n) is 3.52. The Morgan fingerprint density at radius 1 is 1.41 bits per heavy atom. The second-order valence-corrected chi connectivity index (χ2v) is 8.10. The first-order valence-corrected chi connectivity index (χ1v) is 9.32. The molecule has 9 nitrogen and oxygen atoms in total. The monoisotopic (exact) mass is 401 g/mol. The number of nitrogens with zero attached hydrogens (tertiary/aromatic N) is 2. The topological polar surface area (TPSA) is 132 Å². The Morgan fingerprint density at radius 2 is 2.17 bits per heavy atom. The van der Waals surface area contributed by atoms with Crippen molar-refractivity contribution in [2.45, 2.75) is 39.3 Å². The van der Waals surface area contributed by atoms with Crippen molar-refractivity contribution in [1.29, 1.82) is 0 Å². The van der Waals surface area contributed by atoms with Crippen LogP contribution >= 0.6 is 0 Å². The maximum atomic E-state index is 11.3. The lowest BCUT2D eigenvalue weighted by molar-refractivity contribution is 0.0604. The Kier molecular flexibility index (Phi) is 5.78. The van der Waals surface area contributed by atoms with Crippen LogP contribution in [0.3, 0.4) is 0 Å². The van der Waals surface area contributed by atoms with Gasteiger partial charge < -0.3 is 30.9 Å². The largest absolute Gasteiger partial charge is 0.481 e. The lowest BCUT2D eigenvalue weighted by Gasteiger charge is -2.39. The molecule has 29 heavy (non-hydrogen) atoms. The molecule has 1 amide bonds. The van der Waals surface area contributed by atoms with Gasteiger partial charge >= 0.3 is 6.09 Å². The number of nitrogen functional groups attached to an aromatic ring is 1. The van der Waals surface area contributed by atoms with E-state index in [-0.39, 0.29) is 17.4 Å². The van der Waals surface area contributed by atoms with Crippen molar-refractivity contribution in [2.24, 2.45) is 5.41 Å². The van der Waals surface area contributed by atoms with Gasteiger partial charge in [-0.25, -0.2) is 4.79 Å². The first-order chi connectivity index (χ1) is 13.7. The van der Waals surface area contributed by atoms with Crippen molar-refractivity contribution >= 4 is 23.3 Å². The standard InChI is InChI=1S/C20H27N5O4/c1-20(2,3)17(25-19(26)27)13-10-29-9-11-7-12(8-22-16(11)13)23-18-14(21)5-6-15(24-18)28-4/h5-8,13,17,25H,9-10,21H2,1-4H3,(H,23,24)(H,26,27). The number of anilines is 3. The predicted molar refractivity (Wildman–Crippen MR) is 110 cm³/mol. The number of carboxylic acid groups (broad SMARTS) is 1. The van der Waals surface area contributed by atoms with Crippen molar-refractivity contribution in [3.05, 3.63) is 35.7 Å². The van der Waals surface area contributed by atoms with E-state index in [1.165, 1.54) is 7.11 Å². The molecule has 0 fully saturated rings. The molecule has 0 spiro atoms. The van der Waals surface area contributed by atoms with Gasteiger partial charge in [0, 0.05) is 23.6 Å². The summed E-state index contributed by atoms with van der Waals surface area (Å²) in [5.41, 5.74) is 8.61. The molecule has 2 aromatic heterocycles. The highest BCUT2D eigenvalue weighted by atomic mass is 16.5. The minimum Gasteiger partial charge on any atom is -0.481 e. The summed E-state index contributed by atoms with van der Waals surface area (Å²) in [5.74, 6) is 0.729. The average Bonchev–Trinajstić information content (AvgIpc) is 2.66. The number of ether oxygens (including phenoxy) is 2. The molecule has 156 valence electrons. The number of pyridine rings is 2. The van der Waals surface area contributed by atoms with Crippen LogP contribution in [0, 0.1) is 5.41 Å². The summed E-state index contributed by atoms with van der Waals surface area (Å²) in [6, 6.07) is 4.98. The zero-order valence-electron chi connectivity index (χ0n) is 17.0. The Hall–Kier alpha value is -3.07. The van der Waals surface area contributed by atoms with Crippen molar-refractivity contribution in [3.8, 4) is 5.88 Å². The zero-order chi connectivity index (χ0) is 21.2. The van der Waals surface area contributed by atoms with E-state index in [0.717, 1.165) is 11.3 Å². The summed E-state index contributed by atoms with van der Waals surface area (Å²) < 4.78 is 10.9. The normalized spacial score (nSPS) is 17.2. The van der Waals surface area contributed by atoms with E-state index in [1.807, 2.05) is 26.8 Å². The lowest BCUT2D eigenvalue weighted by Crippen LogP contribution is -2.49. The summed E-state index contributed by atoms with van der Waals surface area (Å²) in [7, 11) is 1.54. The quantitative estimate of drug-likeness (QED) is 0.601. The smallest absolute Gasteiger partial charge is 0.404 e. The van der Waals surface area contributed by atoms with Crippen molar-refractivity contribution in [2.75, 3.05) is 24.8 Å². The fraction of sp³-hybridized carbons (Fsp3) is 0.450. The van der Waals surface area contributed by atoms with Gasteiger partial charge in [0.1, 0.15) is 0 Å². The maximum absolute atomic E-state index is 11.3.